The second-order valence-corrected chi connectivity index (χ2v) is 8.53. The third-order valence-corrected chi connectivity index (χ3v) is 6.64. The van der Waals surface area contributed by atoms with Crippen molar-refractivity contribution in [1.29, 1.82) is 0 Å². The average molecular weight is 409 g/mol. The van der Waals surface area contributed by atoms with Crippen LogP contribution in [0, 0.1) is 5.92 Å². The molecular formula is C26H36N2O2. The van der Waals surface area contributed by atoms with Crippen molar-refractivity contribution < 1.29 is 9.47 Å². The Bertz CT molecular complexity index is 753. The first-order chi connectivity index (χ1) is 14.8. The van der Waals surface area contributed by atoms with E-state index in [1.165, 1.54) is 43.4 Å². The molecule has 1 saturated carbocycles. The standard InChI is InChI=1S/C26H36N2O2/c1-2-29-21-30-25-15-9-12-23(20-25)26(22-10-5-3-6-11-22)28-18-16-27(17-19-28)24-13-7-4-8-14-24/h4,7-9,12-15,20,22,26H,2-3,5-6,10-11,16-19,21H2,1H3. The Kier molecular flexibility index (Phi) is 7.65. The van der Waals surface area contributed by atoms with Crippen molar-refractivity contribution in [3.8, 4) is 5.75 Å². The zero-order chi connectivity index (χ0) is 20.6. The maximum Gasteiger partial charge on any atom is 0.189 e. The lowest BCUT2D eigenvalue weighted by molar-refractivity contribution is 0.0222. The zero-order valence-electron chi connectivity index (χ0n) is 18.3. The molecule has 0 radical (unpaired) electrons. The van der Waals surface area contributed by atoms with E-state index < -0.39 is 0 Å². The van der Waals surface area contributed by atoms with Crippen molar-refractivity contribution in [1.82, 2.24) is 4.90 Å². The summed E-state index contributed by atoms with van der Waals surface area (Å²) in [5, 5.41) is 0. The molecule has 0 N–H and O–H groups in total. The molecule has 30 heavy (non-hydrogen) atoms. The van der Waals surface area contributed by atoms with Crippen LogP contribution < -0.4 is 9.64 Å². The highest BCUT2D eigenvalue weighted by Gasteiger charge is 2.32. The number of para-hydroxylation sites is 1. The van der Waals surface area contributed by atoms with E-state index in [0.717, 1.165) is 37.8 Å². The van der Waals surface area contributed by atoms with Gasteiger partial charge in [0.1, 0.15) is 5.75 Å². The van der Waals surface area contributed by atoms with E-state index in [4.69, 9.17) is 9.47 Å². The molecule has 162 valence electrons. The van der Waals surface area contributed by atoms with Crippen molar-refractivity contribution >= 4 is 5.69 Å². The average Bonchev–Trinajstić information content (AvgIpc) is 2.82. The number of hydrogen-bond acceptors (Lipinski definition) is 4. The van der Waals surface area contributed by atoms with Crippen LogP contribution in [0.3, 0.4) is 0 Å². The highest BCUT2D eigenvalue weighted by atomic mass is 16.7. The molecule has 0 amide bonds. The molecule has 2 aromatic rings. The first kappa shape index (κ1) is 21.2. The molecule has 1 saturated heterocycles. The molecule has 0 spiro atoms. The molecular weight excluding hydrogens is 372 g/mol. The van der Waals surface area contributed by atoms with Gasteiger partial charge in [-0.05, 0) is 55.5 Å². The van der Waals surface area contributed by atoms with E-state index in [9.17, 15) is 0 Å². The molecule has 1 aliphatic carbocycles. The first-order valence-corrected chi connectivity index (χ1v) is 11.7. The number of ether oxygens (including phenoxy) is 2. The minimum absolute atomic E-state index is 0.323. The number of hydrogen-bond donors (Lipinski definition) is 0. The monoisotopic (exact) mass is 408 g/mol. The van der Waals surface area contributed by atoms with Crippen molar-refractivity contribution in [3.05, 3.63) is 60.2 Å². The summed E-state index contributed by atoms with van der Waals surface area (Å²) in [5.74, 6) is 1.66. The SMILES string of the molecule is CCOCOc1cccc(C(C2CCCCC2)N2CCN(c3ccccc3)CC2)c1. The topological polar surface area (TPSA) is 24.9 Å². The maximum atomic E-state index is 5.84. The fourth-order valence-electron chi connectivity index (χ4n) is 5.11. The van der Waals surface area contributed by atoms with Gasteiger partial charge in [-0.1, -0.05) is 49.6 Å². The molecule has 1 unspecified atom stereocenters. The van der Waals surface area contributed by atoms with Gasteiger partial charge < -0.3 is 14.4 Å². The van der Waals surface area contributed by atoms with Crippen LogP contribution in [0.15, 0.2) is 54.6 Å². The van der Waals surface area contributed by atoms with Crippen LogP contribution >= 0.6 is 0 Å². The lowest BCUT2D eigenvalue weighted by atomic mass is 9.80. The van der Waals surface area contributed by atoms with Gasteiger partial charge in [-0.2, -0.15) is 0 Å². The van der Waals surface area contributed by atoms with Gasteiger partial charge >= 0.3 is 0 Å². The Morgan fingerprint density at radius 1 is 0.900 bits per heavy atom. The predicted molar refractivity (Wildman–Crippen MR) is 123 cm³/mol. The highest BCUT2D eigenvalue weighted by molar-refractivity contribution is 5.46. The fourth-order valence-corrected chi connectivity index (χ4v) is 5.11. The van der Waals surface area contributed by atoms with Crippen LogP contribution in [-0.2, 0) is 4.74 Å². The van der Waals surface area contributed by atoms with Gasteiger partial charge in [-0.25, -0.2) is 0 Å². The second kappa shape index (κ2) is 10.8. The van der Waals surface area contributed by atoms with Crippen molar-refractivity contribution in [2.75, 3.05) is 44.5 Å². The Morgan fingerprint density at radius 3 is 2.40 bits per heavy atom. The van der Waals surface area contributed by atoms with Crippen LogP contribution in [0.2, 0.25) is 0 Å². The summed E-state index contributed by atoms with van der Waals surface area (Å²) in [7, 11) is 0. The fraction of sp³-hybridized carbons (Fsp3) is 0.538. The molecule has 0 aromatic heterocycles. The summed E-state index contributed by atoms with van der Waals surface area (Å²) in [6, 6.07) is 20.1. The van der Waals surface area contributed by atoms with Crippen LogP contribution in [0.1, 0.15) is 50.6 Å². The number of rotatable bonds is 8. The van der Waals surface area contributed by atoms with Gasteiger partial charge in [0, 0.05) is 44.5 Å². The predicted octanol–water partition coefficient (Wildman–Crippen LogP) is 5.50. The van der Waals surface area contributed by atoms with Gasteiger partial charge in [0.25, 0.3) is 0 Å². The lowest BCUT2D eigenvalue weighted by Crippen LogP contribution is -2.49. The molecule has 2 fully saturated rings. The molecule has 4 heteroatoms. The first-order valence-electron chi connectivity index (χ1n) is 11.7. The summed E-state index contributed by atoms with van der Waals surface area (Å²) in [4.78, 5) is 5.26. The molecule has 1 atom stereocenters. The van der Waals surface area contributed by atoms with E-state index in [1.54, 1.807) is 0 Å². The van der Waals surface area contributed by atoms with Gasteiger partial charge in [0.05, 0.1) is 0 Å². The number of nitrogens with zero attached hydrogens (tertiary/aromatic N) is 2. The lowest BCUT2D eigenvalue weighted by Gasteiger charge is -2.44. The molecule has 2 aromatic carbocycles. The largest absolute Gasteiger partial charge is 0.468 e. The van der Waals surface area contributed by atoms with Crippen molar-refractivity contribution in [3.63, 3.8) is 0 Å². The van der Waals surface area contributed by atoms with Gasteiger partial charge in [-0.15, -0.1) is 0 Å². The van der Waals surface area contributed by atoms with Gasteiger partial charge in [-0.3, -0.25) is 4.90 Å². The second-order valence-electron chi connectivity index (χ2n) is 8.53. The highest BCUT2D eigenvalue weighted by Crippen LogP contribution is 2.40. The van der Waals surface area contributed by atoms with E-state index in [0.29, 0.717) is 19.4 Å². The quantitative estimate of drug-likeness (QED) is 0.425. The Morgan fingerprint density at radius 2 is 1.67 bits per heavy atom. The Hall–Kier alpha value is -2.04. The van der Waals surface area contributed by atoms with Gasteiger partial charge in [0.15, 0.2) is 6.79 Å². The smallest absolute Gasteiger partial charge is 0.189 e. The summed E-state index contributed by atoms with van der Waals surface area (Å²) < 4.78 is 11.2. The van der Waals surface area contributed by atoms with E-state index in [-0.39, 0.29) is 0 Å². The molecule has 1 heterocycles. The zero-order valence-corrected chi connectivity index (χ0v) is 18.3. The van der Waals surface area contributed by atoms with Gasteiger partial charge in [0.2, 0.25) is 0 Å². The minimum Gasteiger partial charge on any atom is -0.468 e. The van der Waals surface area contributed by atoms with Crippen molar-refractivity contribution in [2.24, 2.45) is 5.92 Å². The third kappa shape index (κ3) is 5.35. The maximum absolute atomic E-state index is 5.84. The van der Waals surface area contributed by atoms with Crippen molar-refractivity contribution in [2.45, 2.75) is 45.1 Å². The summed E-state index contributed by atoms with van der Waals surface area (Å²) in [6.07, 6.45) is 6.81. The molecule has 4 rings (SSSR count). The molecule has 0 bridgehead atoms. The van der Waals surface area contributed by atoms with E-state index >= 15 is 0 Å². The van der Waals surface area contributed by atoms with E-state index in [1.807, 2.05) is 13.0 Å². The summed E-state index contributed by atoms with van der Waals surface area (Å²) >= 11 is 0. The number of anilines is 1. The normalized spacial score (nSPS) is 19.6. The van der Waals surface area contributed by atoms with Crippen LogP contribution in [-0.4, -0.2) is 44.5 Å². The van der Waals surface area contributed by atoms with Crippen LogP contribution in [0.4, 0.5) is 5.69 Å². The Balaban J connectivity index is 1.49. The molecule has 4 nitrogen and oxygen atoms in total. The van der Waals surface area contributed by atoms with Crippen LogP contribution in [0.5, 0.6) is 5.75 Å². The number of piperazine rings is 1. The summed E-state index contributed by atoms with van der Waals surface area (Å²) in [6.45, 7) is 7.40. The molecule has 1 aliphatic heterocycles. The van der Waals surface area contributed by atoms with Crippen LogP contribution in [0.25, 0.3) is 0 Å². The summed E-state index contributed by atoms with van der Waals surface area (Å²) in [5.41, 5.74) is 2.75. The molecule has 2 aliphatic rings. The Labute approximate surface area is 181 Å². The van der Waals surface area contributed by atoms with E-state index in [2.05, 4.69) is 58.3 Å². The minimum atomic E-state index is 0.323. The number of benzene rings is 2. The third-order valence-electron chi connectivity index (χ3n) is 6.64.